The maximum atomic E-state index is 13.2. The minimum absolute atomic E-state index is 0.140. The van der Waals surface area contributed by atoms with Crippen LogP contribution < -0.4 is 0 Å². The van der Waals surface area contributed by atoms with E-state index in [0.29, 0.717) is 12.1 Å². The first kappa shape index (κ1) is 19.3. The second kappa shape index (κ2) is 7.30. The number of hydrogen-bond donors (Lipinski definition) is 1. The summed E-state index contributed by atoms with van der Waals surface area (Å²) in [7, 11) is 0. The molecule has 144 valence electrons. The van der Waals surface area contributed by atoms with Crippen molar-refractivity contribution < 1.29 is 27.9 Å². The van der Waals surface area contributed by atoms with Crippen LogP contribution in [0.4, 0.5) is 13.2 Å². The van der Waals surface area contributed by atoms with E-state index in [1.807, 2.05) is 30.3 Å². The topological polar surface area (TPSA) is 70.5 Å². The molecule has 1 unspecified atom stereocenters. The molecule has 5 nitrogen and oxygen atoms in total. The van der Waals surface area contributed by atoms with Gasteiger partial charge in [-0.15, -0.1) is 11.3 Å². The zero-order valence-corrected chi connectivity index (χ0v) is 15.0. The van der Waals surface area contributed by atoms with Crippen molar-refractivity contribution in [2.24, 2.45) is 5.41 Å². The number of hydrogen-bond acceptors (Lipinski definition) is 4. The molecule has 1 atom stereocenters. The molecular weight excluding hydrogens is 381 g/mol. The number of amides is 1. The standard InChI is InChI=1S/C18H17F3N2O3S/c19-18(20,21)17(16(25)26)6-7-23(11-17)15(24)9-13-10-27-14(22-13)8-12-4-2-1-3-5-12/h1-5,10H,6-9,11H2,(H,25,26). The van der Waals surface area contributed by atoms with Crippen molar-refractivity contribution in [3.63, 3.8) is 0 Å². The molecule has 1 fully saturated rings. The number of carbonyl (C=O) groups excluding carboxylic acids is 1. The number of benzene rings is 1. The van der Waals surface area contributed by atoms with Gasteiger partial charge in [-0.1, -0.05) is 30.3 Å². The van der Waals surface area contributed by atoms with Gasteiger partial charge >= 0.3 is 12.1 Å². The number of halogens is 3. The Morgan fingerprint density at radius 3 is 2.56 bits per heavy atom. The normalized spacial score (nSPS) is 20.0. The second-order valence-electron chi connectivity index (χ2n) is 6.52. The van der Waals surface area contributed by atoms with Gasteiger partial charge in [-0.05, 0) is 12.0 Å². The van der Waals surface area contributed by atoms with Crippen molar-refractivity contribution in [3.05, 3.63) is 52.0 Å². The molecule has 1 amide bonds. The maximum Gasteiger partial charge on any atom is 0.406 e. The summed E-state index contributed by atoms with van der Waals surface area (Å²) >= 11 is 1.38. The van der Waals surface area contributed by atoms with E-state index in [-0.39, 0.29) is 13.0 Å². The zero-order chi connectivity index (χ0) is 19.7. The molecule has 0 spiro atoms. The number of nitrogens with zero attached hydrogens (tertiary/aromatic N) is 2. The van der Waals surface area contributed by atoms with Crippen LogP contribution in [0, 0.1) is 5.41 Å². The quantitative estimate of drug-likeness (QED) is 0.840. The number of thiazole rings is 1. The highest BCUT2D eigenvalue weighted by Crippen LogP contribution is 2.45. The van der Waals surface area contributed by atoms with Gasteiger partial charge in [-0.2, -0.15) is 13.2 Å². The van der Waals surface area contributed by atoms with Gasteiger partial charge in [0.25, 0.3) is 0 Å². The summed E-state index contributed by atoms with van der Waals surface area (Å²) in [4.78, 5) is 28.9. The number of rotatable bonds is 5. The predicted octanol–water partition coefficient (Wildman–Crippen LogP) is 3.14. The number of carbonyl (C=O) groups is 2. The van der Waals surface area contributed by atoms with Crippen LogP contribution in [0.3, 0.4) is 0 Å². The first-order chi connectivity index (χ1) is 12.7. The van der Waals surface area contributed by atoms with Crippen molar-refractivity contribution >= 4 is 23.2 Å². The predicted molar refractivity (Wildman–Crippen MR) is 92.4 cm³/mol. The van der Waals surface area contributed by atoms with Crippen LogP contribution in [0.2, 0.25) is 0 Å². The molecule has 0 aliphatic carbocycles. The molecule has 2 heterocycles. The summed E-state index contributed by atoms with van der Waals surface area (Å²) in [6.45, 7) is -1.09. The Hall–Kier alpha value is -2.42. The van der Waals surface area contributed by atoms with E-state index in [1.54, 1.807) is 5.38 Å². The van der Waals surface area contributed by atoms with E-state index in [9.17, 15) is 22.8 Å². The fourth-order valence-electron chi connectivity index (χ4n) is 3.10. The molecule has 0 radical (unpaired) electrons. The Balaban J connectivity index is 1.64. The molecular formula is C18H17F3N2O3S. The van der Waals surface area contributed by atoms with Crippen molar-refractivity contribution in [1.82, 2.24) is 9.88 Å². The lowest BCUT2D eigenvalue weighted by Crippen LogP contribution is -2.47. The lowest BCUT2D eigenvalue weighted by atomic mass is 9.86. The Bertz CT molecular complexity index is 838. The molecule has 1 saturated heterocycles. The fourth-order valence-corrected chi connectivity index (χ4v) is 3.93. The largest absolute Gasteiger partial charge is 0.481 e. The third-order valence-electron chi connectivity index (χ3n) is 4.70. The second-order valence-corrected chi connectivity index (χ2v) is 7.46. The highest BCUT2D eigenvalue weighted by Gasteiger charge is 2.64. The smallest absolute Gasteiger partial charge is 0.406 e. The molecule has 3 rings (SSSR count). The van der Waals surface area contributed by atoms with Gasteiger partial charge in [0.05, 0.1) is 17.1 Å². The number of carboxylic acid groups (broad SMARTS) is 1. The minimum atomic E-state index is -4.91. The summed E-state index contributed by atoms with van der Waals surface area (Å²) in [6.07, 6.45) is -5.07. The Kier molecular flexibility index (Phi) is 5.23. The van der Waals surface area contributed by atoms with Gasteiger partial charge in [-0.3, -0.25) is 9.59 Å². The van der Waals surface area contributed by atoms with Gasteiger partial charge in [0.2, 0.25) is 5.91 Å². The summed E-state index contributed by atoms with van der Waals surface area (Å²) in [6, 6.07) is 9.65. The summed E-state index contributed by atoms with van der Waals surface area (Å²) in [5.74, 6) is -2.48. The SMILES string of the molecule is O=C(Cc1csc(Cc2ccccc2)n1)N1CCC(C(=O)O)(C(F)(F)F)C1. The number of aromatic nitrogens is 1. The number of aliphatic carboxylic acids is 1. The highest BCUT2D eigenvalue weighted by atomic mass is 32.1. The molecule has 0 bridgehead atoms. The van der Waals surface area contributed by atoms with Gasteiger partial charge < -0.3 is 10.0 Å². The Morgan fingerprint density at radius 1 is 1.26 bits per heavy atom. The van der Waals surface area contributed by atoms with Crippen molar-refractivity contribution in [3.8, 4) is 0 Å². The van der Waals surface area contributed by atoms with E-state index in [2.05, 4.69) is 4.98 Å². The van der Waals surface area contributed by atoms with E-state index in [1.165, 1.54) is 11.3 Å². The first-order valence-corrected chi connectivity index (χ1v) is 9.14. The van der Waals surface area contributed by atoms with Crippen LogP contribution in [0.5, 0.6) is 0 Å². The van der Waals surface area contributed by atoms with Crippen molar-refractivity contribution in [2.75, 3.05) is 13.1 Å². The minimum Gasteiger partial charge on any atom is -0.481 e. The molecule has 1 aromatic heterocycles. The molecule has 9 heteroatoms. The lowest BCUT2D eigenvalue weighted by Gasteiger charge is -2.27. The van der Waals surface area contributed by atoms with E-state index in [0.717, 1.165) is 15.5 Å². The first-order valence-electron chi connectivity index (χ1n) is 8.26. The average molecular weight is 398 g/mol. The van der Waals surface area contributed by atoms with Crippen molar-refractivity contribution in [2.45, 2.75) is 25.4 Å². The van der Waals surface area contributed by atoms with E-state index in [4.69, 9.17) is 5.11 Å². The summed E-state index contributed by atoms with van der Waals surface area (Å²) in [5, 5.41) is 11.6. The molecule has 1 N–H and O–H groups in total. The summed E-state index contributed by atoms with van der Waals surface area (Å²) < 4.78 is 39.6. The number of carboxylic acids is 1. The third-order valence-corrected chi connectivity index (χ3v) is 5.60. The lowest BCUT2D eigenvalue weighted by molar-refractivity contribution is -0.227. The van der Waals surface area contributed by atoms with Gasteiger partial charge in [0, 0.05) is 24.9 Å². The molecule has 1 aliphatic heterocycles. The van der Waals surface area contributed by atoms with Crippen molar-refractivity contribution in [1.29, 1.82) is 0 Å². The van der Waals surface area contributed by atoms with Crippen LogP contribution >= 0.6 is 11.3 Å². The third kappa shape index (κ3) is 3.97. The maximum absolute atomic E-state index is 13.2. The van der Waals surface area contributed by atoms with Gasteiger partial charge in [0.1, 0.15) is 0 Å². The van der Waals surface area contributed by atoms with E-state index >= 15 is 0 Å². The summed E-state index contributed by atoms with van der Waals surface area (Å²) in [5.41, 5.74) is -1.33. The zero-order valence-electron chi connectivity index (χ0n) is 14.2. The molecule has 2 aromatic rings. The van der Waals surface area contributed by atoms with Gasteiger partial charge in [0.15, 0.2) is 5.41 Å². The number of likely N-dealkylation sites (tertiary alicyclic amines) is 1. The fraction of sp³-hybridized carbons (Fsp3) is 0.389. The Labute approximate surface area is 157 Å². The van der Waals surface area contributed by atoms with Crippen LogP contribution in [-0.2, 0) is 22.4 Å². The van der Waals surface area contributed by atoms with Crippen LogP contribution in [0.25, 0.3) is 0 Å². The average Bonchev–Trinajstić information content (AvgIpc) is 3.23. The van der Waals surface area contributed by atoms with E-state index < -0.39 is 36.4 Å². The van der Waals surface area contributed by atoms with Crippen LogP contribution in [0.15, 0.2) is 35.7 Å². The molecule has 27 heavy (non-hydrogen) atoms. The molecule has 1 aromatic carbocycles. The molecule has 0 saturated carbocycles. The van der Waals surface area contributed by atoms with Crippen LogP contribution in [-0.4, -0.2) is 46.1 Å². The molecule has 1 aliphatic rings. The van der Waals surface area contributed by atoms with Gasteiger partial charge in [-0.25, -0.2) is 4.98 Å². The number of alkyl halides is 3. The van der Waals surface area contributed by atoms with Crippen LogP contribution in [0.1, 0.15) is 22.7 Å². The highest BCUT2D eigenvalue weighted by molar-refractivity contribution is 7.09. The monoisotopic (exact) mass is 398 g/mol. The Morgan fingerprint density at radius 2 is 1.96 bits per heavy atom.